The minimum absolute atomic E-state index is 0.179. The molecule has 51 heavy (non-hydrogen) atoms. The molecule has 250 valence electrons. The Morgan fingerprint density at radius 3 is 2.53 bits per heavy atom. The smallest absolute Gasteiger partial charge is 0.252 e. The highest BCUT2D eigenvalue weighted by atomic mass is 15.2. The minimum Gasteiger partial charge on any atom is -0.334 e. The summed E-state index contributed by atoms with van der Waals surface area (Å²) in [5.74, 6) is 0.717. The van der Waals surface area contributed by atoms with Gasteiger partial charge in [-0.3, -0.25) is 0 Å². The van der Waals surface area contributed by atoms with Gasteiger partial charge in [-0.05, 0) is 129 Å². The molecule has 6 aliphatic rings. The first kappa shape index (κ1) is 29.9. The van der Waals surface area contributed by atoms with E-state index in [4.69, 9.17) is 0 Å². The van der Waals surface area contributed by atoms with E-state index < -0.39 is 0 Å². The maximum absolute atomic E-state index is 2.85. The fraction of sp³-hybridized carbons (Fsp3) is 0.292. The van der Waals surface area contributed by atoms with Gasteiger partial charge in [-0.15, -0.1) is 0 Å². The Kier molecular flexibility index (Phi) is 6.11. The standard InChI is InChI=1S/C48H45BN2/c1-28-16-19-41-34(22-28)36-24-30(3)26-39-45(36)50(41)43-21-18-38(48(5,32-12-8-6-9-13-32)33-14-10-7-11-15-33)47-44(43)49(39)40-27-31(4)25-37-35-23-29(2)17-20-42(35)51(47)46(37)40/h6-10,12-14,17-18,21,23-28,42H,11,15-16,19-20,22H2,1-5H3. The molecule has 3 aliphatic carbocycles. The van der Waals surface area contributed by atoms with Crippen molar-refractivity contribution >= 4 is 51.0 Å². The molecule has 0 spiro atoms. The molecule has 5 aromatic rings. The Morgan fingerprint density at radius 1 is 0.882 bits per heavy atom. The van der Waals surface area contributed by atoms with Crippen molar-refractivity contribution < 1.29 is 0 Å². The second kappa shape index (κ2) is 10.4. The molecule has 1 aromatic heterocycles. The summed E-state index contributed by atoms with van der Waals surface area (Å²) in [6, 6.07) is 26.9. The van der Waals surface area contributed by atoms with Crippen LogP contribution in [0.5, 0.6) is 0 Å². The third kappa shape index (κ3) is 3.85. The van der Waals surface area contributed by atoms with Crippen LogP contribution in [0, 0.1) is 19.8 Å². The third-order valence-electron chi connectivity index (χ3n) is 13.6. The fourth-order valence-corrected chi connectivity index (χ4v) is 11.3. The van der Waals surface area contributed by atoms with Gasteiger partial charge in [0.25, 0.3) is 6.71 Å². The van der Waals surface area contributed by atoms with Gasteiger partial charge in [0, 0.05) is 44.6 Å². The molecule has 3 aliphatic heterocycles. The van der Waals surface area contributed by atoms with Crippen molar-refractivity contribution in [3.63, 3.8) is 0 Å². The van der Waals surface area contributed by atoms with Crippen LogP contribution in [-0.2, 0) is 18.3 Å². The Balaban J connectivity index is 1.32. The molecule has 0 saturated heterocycles. The van der Waals surface area contributed by atoms with E-state index in [1.807, 2.05) is 0 Å². The van der Waals surface area contributed by atoms with Gasteiger partial charge in [0.1, 0.15) is 0 Å². The van der Waals surface area contributed by atoms with Crippen molar-refractivity contribution in [2.75, 3.05) is 4.90 Å². The van der Waals surface area contributed by atoms with Gasteiger partial charge in [0.2, 0.25) is 0 Å². The monoisotopic (exact) mass is 660 g/mol. The number of benzene rings is 4. The number of fused-ring (bicyclic) bond motifs is 10. The molecule has 0 radical (unpaired) electrons. The fourth-order valence-electron chi connectivity index (χ4n) is 11.3. The average Bonchev–Trinajstić information content (AvgIpc) is 3.64. The highest BCUT2D eigenvalue weighted by Crippen LogP contribution is 2.55. The van der Waals surface area contributed by atoms with Crippen LogP contribution in [0.2, 0.25) is 0 Å². The predicted molar refractivity (Wildman–Crippen MR) is 217 cm³/mol. The van der Waals surface area contributed by atoms with Crippen LogP contribution in [0.15, 0.2) is 108 Å². The lowest BCUT2D eigenvalue weighted by Gasteiger charge is -2.46. The first-order valence-electron chi connectivity index (χ1n) is 19.4. The normalized spacial score (nSPS) is 21.7. The number of nitrogens with zero attached hydrogens (tertiary/aromatic N) is 2. The van der Waals surface area contributed by atoms with Gasteiger partial charge >= 0.3 is 0 Å². The number of anilines is 2. The predicted octanol–water partition coefficient (Wildman–Crippen LogP) is 9.35. The molecule has 4 aromatic carbocycles. The van der Waals surface area contributed by atoms with Crippen LogP contribution in [-0.4, -0.2) is 17.3 Å². The van der Waals surface area contributed by atoms with Crippen molar-refractivity contribution in [3.05, 3.63) is 147 Å². The van der Waals surface area contributed by atoms with Crippen molar-refractivity contribution in [1.29, 1.82) is 0 Å². The van der Waals surface area contributed by atoms with Gasteiger partial charge in [-0.25, -0.2) is 0 Å². The number of allylic oxidation sites excluding steroid dienone is 6. The second-order valence-corrected chi connectivity index (χ2v) is 16.8. The molecular formula is C48H45BN2. The van der Waals surface area contributed by atoms with Crippen LogP contribution < -0.4 is 21.3 Å². The molecule has 3 atom stereocenters. The molecule has 11 rings (SSSR count). The van der Waals surface area contributed by atoms with Crippen molar-refractivity contribution in [2.45, 2.75) is 84.6 Å². The Hall–Kier alpha value is -4.76. The molecule has 4 heterocycles. The Labute approximate surface area is 303 Å². The van der Waals surface area contributed by atoms with Crippen LogP contribution in [0.1, 0.15) is 85.5 Å². The van der Waals surface area contributed by atoms with E-state index in [1.54, 1.807) is 11.3 Å². The summed E-state index contributed by atoms with van der Waals surface area (Å²) in [6.07, 6.45) is 18.8. The molecule has 0 fully saturated rings. The van der Waals surface area contributed by atoms with Gasteiger partial charge in [-0.2, -0.15) is 0 Å². The van der Waals surface area contributed by atoms with Crippen LogP contribution in [0.3, 0.4) is 0 Å². The van der Waals surface area contributed by atoms with E-state index in [0.29, 0.717) is 0 Å². The summed E-state index contributed by atoms with van der Waals surface area (Å²) in [6.45, 7) is 12.1. The molecular weight excluding hydrogens is 615 g/mol. The van der Waals surface area contributed by atoms with E-state index >= 15 is 0 Å². The molecule has 3 heteroatoms. The highest BCUT2D eigenvalue weighted by Gasteiger charge is 2.51. The lowest BCUT2D eigenvalue weighted by Crippen LogP contribution is -2.62. The first-order chi connectivity index (χ1) is 24.8. The SMILES string of the molecule is CC1=CCC2C(=C1)c1cc(C)cc3c1N2c1c(C(C)(C2=CC=CCC2)c2ccccc2)ccc2c1B3c1cc(C)cc3c4c(n-2c13)CCC(C)C4. The van der Waals surface area contributed by atoms with E-state index in [2.05, 4.69) is 141 Å². The maximum Gasteiger partial charge on any atom is 0.252 e. The minimum atomic E-state index is -0.288. The molecule has 0 amide bonds. The molecule has 0 saturated carbocycles. The number of aromatic nitrogens is 1. The molecule has 0 N–H and O–H groups in total. The van der Waals surface area contributed by atoms with E-state index in [1.165, 1.54) is 102 Å². The van der Waals surface area contributed by atoms with Crippen LogP contribution >= 0.6 is 0 Å². The van der Waals surface area contributed by atoms with Crippen molar-refractivity contribution in [3.8, 4) is 5.69 Å². The van der Waals surface area contributed by atoms with Gasteiger partial charge in [-0.1, -0.05) is 108 Å². The van der Waals surface area contributed by atoms with Gasteiger partial charge in [0.05, 0.1) is 6.04 Å². The first-order valence-corrected chi connectivity index (χ1v) is 19.4. The highest BCUT2D eigenvalue weighted by molar-refractivity contribution is 7.00. The number of hydrogen-bond acceptors (Lipinski definition) is 1. The quantitative estimate of drug-likeness (QED) is 0.172. The zero-order valence-corrected chi connectivity index (χ0v) is 30.6. The molecule has 2 nitrogen and oxygen atoms in total. The summed E-state index contributed by atoms with van der Waals surface area (Å²) < 4.78 is 2.76. The second-order valence-electron chi connectivity index (χ2n) is 16.8. The summed E-state index contributed by atoms with van der Waals surface area (Å²) >= 11 is 0. The van der Waals surface area contributed by atoms with E-state index in [0.717, 1.165) is 31.6 Å². The number of aryl methyl sites for hydroxylation is 2. The zero-order chi connectivity index (χ0) is 34.3. The summed E-state index contributed by atoms with van der Waals surface area (Å²) in [4.78, 5) is 2.85. The topological polar surface area (TPSA) is 8.17 Å². The van der Waals surface area contributed by atoms with Crippen molar-refractivity contribution in [2.24, 2.45) is 5.92 Å². The van der Waals surface area contributed by atoms with Gasteiger partial charge in [0.15, 0.2) is 0 Å². The van der Waals surface area contributed by atoms with E-state index in [-0.39, 0.29) is 18.2 Å². The molecule has 0 bridgehead atoms. The summed E-state index contributed by atoms with van der Waals surface area (Å²) in [5.41, 5.74) is 24.6. The Bertz CT molecular complexity index is 2500. The summed E-state index contributed by atoms with van der Waals surface area (Å²) in [7, 11) is 0. The third-order valence-corrected chi connectivity index (χ3v) is 13.6. The number of rotatable bonds is 3. The van der Waals surface area contributed by atoms with Crippen LogP contribution in [0.25, 0.3) is 22.2 Å². The summed E-state index contributed by atoms with van der Waals surface area (Å²) in [5, 5.41) is 1.50. The maximum atomic E-state index is 2.85. The lowest BCUT2D eigenvalue weighted by atomic mass is 9.33. The number of hydrogen-bond donors (Lipinski definition) is 0. The Morgan fingerprint density at radius 2 is 1.71 bits per heavy atom. The van der Waals surface area contributed by atoms with Gasteiger partial charge < -0.3 is 9.47 Å². The average molecular weight is 661 g/mol. The lowest BCUT2D eigenvalue weighted by molar-refractivity contribution is 0.495. The zero-order valence-electron chi connectivity index (χ0n) is 30.6. The molecule has 3 unspecified atom stereocenters. The van der Waals surface area contributed by atoms with E-state index in [9.17, 15) is 0 Å². The largest absolute Gasteiger partial charge is 0.334 e. The van der Waals surface area contributed by atoms with Crippen LogP contribution in [0.4, 0.5) is 11.4 Å². The van der Waals surface area contributed by atoms with Crippen molar-refractivity contribution in [1.82, 2.24) is 4.57 Å².